The molecule has 0 fully saturated rings. The summed E-state index contributed by atoms with van der Waals surface area (Å²) >= 11 is 4.04. The van der Waals surface area contributed by atoms with Gasteiger partial charge < -0.3 is 15.2 Å². The van der Waals surface area contributed by atoms with Crippen molar-refractivity contribution in [2.24, 2.45) is 0 Å². The number of hydrogen-bond acceptors (Lipinski definition) is 5. The maximum atomic E-state index is 10.8. The molecule has 0 bridgehead atoms. The Morgan fingerprint density at radius 3 is 2.80 bits per heavy atom. The molecule has 6 nitrogen and oxygen atoms in total. The van der Waals surface area contributed by atoms with E-state index < -0.39 is 4.92 Å². The third kappa shape index (κ3) is 2.48. The quantitative estimate of drug-likeness (QED) is 0.441. The lowest BCUT2D eigenvalue weighted by molar-refractivity contribution is -0.392. The van der Waals surface area contributed by atoms with Crippen molar-refractivity contribution < 1.29 is 10.0 Å². The molecule has 1 N–H and O–H groups in total. The average Bonchev–Trinajstić information content (AvgIpc) is 2.44. The standard InChI is InChI=1S/C8H13N3O3S/c1-6-9-7(2-4-12)8(11(13)14)10(6)3-5-15/h12,15H,2-5H2,1H3. The summed E-state index contributed by atoms with van der Waals surface area (Å²) in [4.78, 5) is 14.4. The number of aromatic nitrogens is 2. The summed E-state index contributed by atoms with van der Waals surface area (Å²) in [5.41, 5.74) is 0.335. The van der Waals surface area contributed by atoms with E-state index in [2.05, 4.69) is 17.6 Å². The predicted molar refractivity (Wildman–Crippen MR) is 58.3 cm³/mol. The minimum Gasteiger partial charge on any atom is -0.396 e. The molecule has 0 aliphatic heterocycles. The predicted octanol–water partition coefficient (Wildman–Crippen LogP) is 0.564. The molecule has 0 saturated carbocycles. The molecule has 0 atom stereocenters. The second-order valence-electron chi connectivity index (χ2n) is 3.04. The highest BCUT2D eigenvalue weighted by atomic mass is 32.1. The van der Waals surface area contributed by atoms with Crippen LogP contribution in [0.15, 0.2) is 0 Å². The zero-order chi connectivity index (χ0) is 11.4. The fourth-order valence-electron chi connectivity index (χ4n) is 1.46. The van der Waals surface area contributed by atoms with Crippen LogP contribution >= 0.6 is 12.6 Å². The normalized spacial score (nSPS) is 10.6. The highest BCUT2D eigenvalue weighted by Crippen LogP contribution is 2.20. The van der Waals surface area contributed by atoms with Crippen LogP contribution in [0, 0.1) is 17.0 Å². The molecular weight excluding hydrogens is 218 g/mol. The Morgan fingerprint density at radius 1 is 1.67 bits per heavy atom. The van der Waals surface area contributed by atoms with Gasteiger partial charge in [0, 0.05) is 25.7 Å². The maximum Gasteiger partial charge on any atom is 0.346 e. The van der Waals surface area contributed by atoms with E-state index in [-0.39, 0.29) is 18.8 Å². The first-order chi connectivity index (χ1) is 7.11. The van der Waals surface area contributed by atoms with E-state index in [4.69, 9.17) is 5.11 Å². The first-order valence-electron chi connectivity index (χ1n) is 4.54. The van der Waals surface area contributed by atoms with Crippen molar-refractivity contribution in [1.82, 2.24) is 9.55 Å². The van der Waals surface area contributed by atoms with E-state index in [1.54, 1.807) is 6.92 Å². The topological polar surface area (TPSA) is 81.2 Å². The van der Waals surface area contributed by atoms with Gasteiger partial charge in [0.15, 0.2) is 5.82 Å². The number of aliphatic hydroxyl groups is 1. The van der Waals surface area contributed by atoms with Gasteiger partial charge >= 0.3 is 5.82 Å². The zero-order valence-corrected chi connectivity index (χ0v) is 9.28. The molecule has 0 aliphatic rings. The van der Waals surface area contributed by atoms with Crippen molar-refractivity contribution in [1.29, 1.82) is 0 Å². The van der Waals surface area contributed by atoms with Gasteiger partial charge in [-0.25, -0.2) is 9.55 Å². The van der Waals surface area contributed by atoms with Gasteiger partial charge in [-0.15, -0.1) is 0 Å². The monoisotopic (exact) mass is 231 g/mol. The molecule has 7 heteroatoms. The molecule has 1 aromatic heterocycles. The smallest absolute Gasteiger partial charge is 0.346 e. The van der Waals surface area contributed by atoms with Gasteiger partial charge in [0.1, 0.15) is 12.2 Å². The number of rotatable bonds is 5. The van der Waals surface area contributed by atoms with Crippen molar-refractivity contribution in [3.8, 4) is 0 Å². The van der Waals surface area contributed by atoms with Gasteiger partial charge in [0.05, 0.1) is 0 Å². The Bertz CT molecular complexity index is 364. The van der Waals surface area contributed by atoms with E-state index in [1.807, 2.05) is 0 Å². The van der Waals surface area contributed by atoms with E-state index >= 15 is 0 Å². The number of thiol groups is 1. The molecule has 0 radical (unpaired) electrons. The molecule has 1 rings (SSSR count). The van der Waals surface area contributed by atoms with Crippen LogP contribution in [0.1, 0.15) is 11.5 Å². The first kappa shape index (κ1) is 12.0. The number of imidazole rings is 1. The molecule has 0 unspecified atom stereocenters. The van der Waals surface area contributed by atoms with Gasteiger partial charge in [-0.1, -0.05) is 0 Å². The zero-order valence-electron chi connectivity index (χ0n) is 8.38. The van der Waals surface area contributed by atoms with Crippen LogP contribution in [-0.4, -0.2) is 31.9 Å². The Hall–Kier alpha value is -1.08. The molecule has 84 valence electrons. The van der Waals surface area contributed by atoms with Gasteiger partial charge in [0.25, 0.3) is 0 Å². The lowest BCUT2D eigenvalue weighted by atomic mass is 10.3. The van der Waals surface area contributed by atoms with Crippen molar-refractivity contribution >= 4 is 18.4 Å². The van der Waals surface area contributed by atoms with Crippen molar-refractivity contribution in [3.63, 3.8) is 0 Å². The summed E-state index contributed by atoms with van der Waals surface area (Å²) in [6.07, 6.45) is 0.205. The molecule has 1 heterocycles. The summed E-state index contributed by atoms with van der Waals surface area (Å²) in [7, 11) is 0. The lowest BCUT2D eigenvalue weighted by Gasteiger charge is -2.01. The van der Waals surface area contributed by atoms with Crippen LogP contribution in [0.25, 0.3) is 0 Å². The molecule has 1 aromatic rings. The van der Waals surface area contributed by atoms with Crippen molar-refractivity contribution in [2.75, 3.05) is 12.4 Å². The van der Waals surface area contributed by atoms with Gasteiger partial charge in [-0.3, -0.25) is 0 Å². The molecular formula is C8H13N3O3S. The van der Waals surface area contributed by atoms with E-state index in [9.17, 15) is 10.1 Å². The van der Waals surface area contributed by atoms with E-state index in [1.165, 1.54) is 4.57 Å². The van der Waals surface area contributed by atoms with Crippen LogP contribution in [0.2, 0.25) is 0 Å². The highest BCUT2D eigenvalue weighted by molar-refractivity contribution is 7.80. The number of nitro groups is 1. The molecule has 15 heavy (non-hydrogen) atoms. The summed E-state index contributed by atoms with van der Waals surface area (Å²) < 4.78 is 1.51. The fraction of sp³-hybridized carbons (Fsp3) is 0.625. The molecule has 0 amide bonds. The Morgan fingerprint density at radius 2 is 2.33 bits per heavy atom. The minimum absolute atomic E-state index is 0.0319. The average molecular weight is 231 g/mol. The Labute approximate surface area is 92.5 Å². The van der Waals surface area contributed by atoms with Gasteiger partial charge in [-0.2, -0.15) is 12.6 Å². The number of nitrogens with zero attached hydrogens (tertiary/aromatic N) is 3. The Balaban J connectivity index is 3.18. The minimum atomic E-state index is -0.464. The van der Waals surface area contributed by atoms with Gasteiger partial charge in [0.2, 0.25) is 0 Å². The van der Waals surface area contributed by atoms with Crippen LogP contribution in [-0.2, 0) is 13.0 Å². The summed E-state index contributed by atoms with van der Waals surface area (Å²) in [5.74, 6) is 1.06. The first-order valence-corrected chi connectivity index (χ1v) is 5.17. The van der Waals surface area contributed by atoms with Crippen molar-refractivity contribution in [2.45, 2.75) is 19.9 Å². The number of hydrogen-bond donors (Lipinski definition) is 2. The van der Waals surface area contributed by atoms with E-state index in [0.717, 1.165) is 0 Å². The molecule has 0 spiro atoms. The largest absolute Gasteiger partial charge is 0.396 e. The second-order valence-corrected chi connectivity index (χ2v) is 3.48. The second kappa shape index (κ2) is 5.13. The summed E-state index contributed by atoms with van der Waals surface area (Å²) in [6.45, 7) is 2.01. The summed E-state index contributed by atoms with van der Waals surface area (Å²) in [6, 6.07) is 0. The van der Waals surface area contributed by atoms with E-state index in [0.29, 0.717) is 23.8 Å². The Kier molecular flexibility index (Phi) is 4.10. The SMILES string of the molecule is Cc1nc(CCO)c([N+](=O)[O-])n1CCS. The van der Waals surface area contributed by atoms with Crippen LogP contribution in [0.5, 0.6) is 0 Å². The van der Waals surface area contributed by atoms with Crippen LogP contribution < -0.4 is 0 Å². The highest BCUT2D eigenvalue weighted by Gasteiger charge is 2.23. The fourth-order valence-corrected chi connectivity index (χ4v) is 1.66. The summed E-state index contributed by atoms with van der Waals surface area (Å²) in [5, 5.41) is 19.6. The molecule has 0 saturated heterocycles. The molecule has 0 aliphatic carbocycles. The lowest BCUT2D eigenvalue weighted by Crippen LogP contribution is -2.07. The van der Waals surface area contributed by atoms with Crippen LogP contribution in [0.4, 0.5) is 5.82 Å². The van der Waals surface area contributed by atoms with Crippen LogP contribution in [0.3, 0.4) is 0 Å². The number of aliphatic hydroxyl groups excluding tert-OH is 1. The molecule has 0 aromatic carbocycles. The third-order valence-corrected chi connectivity index (χ3v) is 2.25. The van der Waals surface area contributed by atoms with Gasteiger partial charge in [-0.05, 0) is 4.92 Å². The number of aryl methyl sites for hydroxylation is 1. The van der Waals surface area contributed by atoms with Crippen molar-refractivity contribution in [3.05, 3.63) is 21.6 Å². The third-order valence-electron chi connectivity index (χ3n) is 2.05. The maximum absolute atomic E-state index is 10.8.